The maximum absolute atomic E-state index is 13.4. The zero-order valence-electron chi connectivity index (χ0n) is 18.0. The van der Waals surface area contributed by atoms with E-state index in [1.807, 2.05) is 17.7 Å². The van der Waals surface area contributed by atoms with Crippen molar-refractivity contribution in [2.45, 2.75) is 25.9 Å². The number of aromatic amines is 1. The van der Waals surface area contributed by atoms with Gasteiger partial charge in [0.1, 0.15) is 18.3 Å². The average Bonchev–Trinajstić information content (AvgIpc) is 3.41. The van der Waals surface area contributed by atoms with Gasteiger partial charge in [0.2, 0.25) is 12.1 Å². The number of non-ortho nitro benzene ring substituents is 1. The number of hydrogen-bond donors (Lipinski definition) is 1. The number of amides is 1. The normalized spacial score (nSPS) is 18.0. The van der Waals surface area contributed by atoms with Crippen LogP contribution in [0.4, 0.5) is 5.69 Å². The number of nitrogens with one attached hydrogen (secondary N) is 1. The summed E-state index contributed by atoms with van der Waals surface area (Å²) in [4.78, 5) is 54.5. The molecule has 3 aromatic rings. The molecule has 9 heteroatoms. The second kappa shape index (κ2) is 9.15. The van der Waals surface area contributed by atoms with E-state index >= 15 is 0 Å². The number of likely N-dealkylation sites (tertiary alicyclic amines) is 1. The van der Waals surface area contributed by atoms with Gasteiger partial charge < -0.3 is 4.90 Å². The molecule has 4 rings (SSSR count). The highest BCUT2D eigenvalue weighted by Gasteiger charge is 2.51. The van der Waals surface area contributed by atoms with E-state index in [2.05, 4.69) is 4.98 Å². The highest BCUT2D eigenvalue weighted by Crippen LogP contribution is 2.39. The van der Waals surface area contributed by atoms with Crippen molar-refractivity contribution in [1.29, 1.82) is 0 Å². The molecule has 0 aliphatic carbocycles. The van der Waals surface area contributed by atoms with Crippen molar-refractivity contribution in [2.24, 2.45) is 5.92 Å². The lowest BCUT2D eigenvalue weighted by atomic mass is 9.86. The molecule has 1 fully saturated rings. The predicted molar refractivity (Wildman–Crippen MR) is 117 cm³/mol. The van der Waals surface area contributed by atoms with Gasteiger partial charge in [-0.05, 0) is 12.5 Å². The van der Waals surface area contributed by atoms with Crippen LogP contribution in [0.2, 0.25) is 0 Å². The molecule has 2 atom stereocenters. The predicted octanol–water partition coefficient (Wildman–Crippen LogP) is 2.56. The molecular formula is C24H23N4O5+. The minimum atomic E-state index is -1.26. The molecule has 1 N–H and O–H groups in total. The first-order valence-electron chi connectivity index (χ1n) is 10.6. The third-order valence-electron chi connectivity index (χ3n) is 5.86. The lowest BCUT2D eigenvalue weighted by molar-refractivity contribution is -0.695. The lowest BCUT2D eigenvalue weighted by Gasteiger charge is -2.27. The average molecular weight is 447 g/mol. The quantitative estimate of drug-likeness (QED) is 0.142. The first kappa shape index (κ1) is 22.1. The number of carbonyl (C=O) groups is 3. The molecule has 1 aromatic heterocycles. The van der Waals surface area contributed by atoms with Crippen LogP contribution in [0.15, 0.2) is 67.3 Å². The number of hydrogen-bond acceptors (Lipinski definition) is 5. The number of aryl methyl sites for hydroxylation is 2. The maximum Gasteiger partial charge on any atom is 0.291 e. The van der Waals surface area contributed by atoms with Gasteiger partial charge in [-0.25, -0.2) is 4.57 Å². The van der Waals surface area contributed by atoms with Crippen LogP contribution in [0.25, 0.3) is 0 Å². The van der Waals surface area contributed by atoms with Crippen LogP contribution in [-0.2, 0) is 16.1 Å². The van der Waals surface area contributed by atoms with E-state index < -0.39 is 34.4 Å². The Balaban J connectivity index is 1.70. The van der Waals surface area contributed by atoms with Crippen LogP contribution in [0, 0.1) is 23.0 Å². The van der Waals surface area contributed by atoms with E-state index in [-0.39, 0.29) is 12.2 Å². The van der Waals surface area contributed by atoms with Crippen molar-refractivity contribution < 1.29 is 23.9 Å². The molecular weight excluding hydrogens is 424 g/mol. The monoisotopic (exact) mass is 447 g/mol. The standard InChI is InChI=1S/C24H22N4O5/c1-16-6-8-17(9-7-16)22(29)20-21(18-4-2-5-19(14-18)28(32)33)27(24(31)23(20)30)12-3-11-26-13-10-25-15-26/h2,4-10,13-15,20-21H,3,11-12H2,1H3/p+1. The van der Waals surface area contributed by atoms with Gasteiger partial charge in [-0.3, -0.25) is 29.5 Å². The molecule has 168 valence electrons. The largest absolute Gasteiger partial charge is 0.328 e. The first-order valence-corrected chi connectivity index (χ1v) is 10.6. The molecule has 2 unspecified atom stereocenters. The second-order valence-electron chi connectivity index (χ2n) is 8.07. The highest BCUT2D eigenvalue weighted by atomic mass is 16.6. The summed E-state index contributed by atoms with van der Waals surface area (Å²) in [6.07, 6.45) is 5.93. The smallest absolute Gasteiger partial charge is 0.291 e. The van der Waals surface area contributed by atoms with Crippen molar-refractivity contribution >= 4 is 23.2 Å². The molecule has 0 saturated carbocycles. The van der Waals surface area contributed by atoms with Crippen molar-refractivity contribution in [3.63, 3.8) is 0 Å². The summed E-state index contributed by atoms with van der Waals surface area (Å²) in [5.74, 6) is -3.25. The summed E-state index contributed by atoms with van der Waals surface area (Å²) in [6, 6.07) is 11.7. The van der Waals surface area contributed by atoms with E-state index in [1.165, 1.54) is 23.1 Å². The van der Waals surface area contributed by atoms with Crippen molar-refractivity contribution in [1.82, 2.24) is 9.88 Å². The Kier molecular flexibility index (Phi) is 6.12. The number of nitro benzene ring substituents is 1. The molecule has 1 saturated heterocycles. The van der Waals surface area contributed by atoms with Gasteiger partial charge in [0.05, 0.1) is 17.5 Å². The van der Waals surface area contributed by atoms with Gasteiger partial charge in [0.15, 0.2) is 5.78 Å². The number of rotatable bonds is 8. The number of aromatic nitrogens is 2. The molecule has 1 aliphatic heterocycles. The summed E-state index contributed by atoms with van der Waals surface area (Å²) in [6.45, 7) is 2.71. The number of benzene rings is 2. The van der Waals surface area contributed by atoms with Crippen LogP contribution in [0.3, 0.4) is 0 Å². The molecule has 0 spiro atoms. The molecule has 1 amide bonds. The molecule has 2 aromatic carbocycles. The van der Waals surface area contributed by atoms with Gasteiger partial charge in [0.25, 0.3) is 11.6 Å². The fourth-order valence-electron chi connectivity index (χ4n) is 4.20. The summed E-state index contributed by atoms with van der Waals surface area (Å²) in [5, 5.41) is 11.3. The van der Waals surface area contributed by atoms with Gasteiger partial charge in [0, 0.05) is 30.7 Å². The van der Waals surface area contributed by atoms with Crippen LogP contribution in [-0.4, -0.2) is 38.8 Å². The summed E-state index contributed by atoms with van der Waals surface area (Å²) in [5.41, 5.74) is 1.51. The Morgan fingerprint density at radius 1 is 1.18 bits per heavy atom. The lowest BCUT2D eigenvalue weighted by Crippen LogP contribution is -2.36. The van der Waals surface area contributed by atoms with Crippen molar-refractivity contribution in [3.05, 3.63) is 94.1 Å². The molecule has 0 radical (unpaired) electrons. The van der Waals surface area contributed by atoms with E-state index in [0.29, 0.717) is 24.1 Å². The third-order valence-corrected chi connectivity index (χ3v) is 5.86. The van der Waals surface area contributed by atoms with Gasteiger partial charge in [-0.15, -0.1) is 0 Å². The summed E-state index contributed by atoms with van der Waals surface area (Å²) >= 11 is 0. The van der Waals surface area contributed by atoms with Crippen LogP contribution in [0.1, 0.15) is 33.9 Å². The highest BCUT2D eigenvalue weighted by molar-refractivity contribution is 6.44. The van der Waals surface area contributed by atoms with Crippen LogP contribution < -0.4 is 4.57 Å². The first-order chi connectivity index (χ1) is 15.9. The Morgan fingerprint density at radius 3 is 2.61 bits per heavy atom. The summed E-state index contributed by atoms with van der Waals surface area (Å²) in [7, 11) is 0. The molecule has 0 bridgehead atoms. The zero-order valence-corrected chi connectivity index (χ0v) is 18.0. The number of Topliss-reactive ketones (excluding diaryl/α,β-unsaturated/α-hetero) is 2. The number of imidazole rings is 1. The fraction of sp³-hybridized carbons (Fsp3) is 0.250. The van der Waals surface area contributed by atoms with Gasteiger partial charge in [-0.2, -0.15) is 0 Å². The van der Waals surface area contributed by atoms with Crippen molar-refractivity contribution in [3.8, 4) is 0 Å². The van der Waals surface area contributed by atoms with Crippen LogP contribution in [0.5, 0.6) is 0 Å². The Labute approximate surface area is 189 Å². The molecule has 1 aliphatic rings. The number of H-pyrrole nitrogens is 1. The van der Waals surface area contributed by atoms with E-state index in [9.17, 15) is 24.5 Å². The fourth-order valence-corrected chi connectivity index (χ4v) is 4.20. The van der Waals surface area contributed by atoms with E-state index in [1.54, 1.807) is 42.9 Å². The number of nitro groups is 1. The summed E-state index contributed by atoms with van der Waals surface area (Å²) < 4.78 is 1.90. The SMILES string of the molecule is Cc1ccc(C(=O)C2C(=O)C(=O)N(CCC[n+]3cc[nH]c3)C2c2cccc([N+](=O)[O-])c2)cc1. The van der Waals surface area contributed by atoms with Gasteiger partial charge >= 0.3 is 0 Å². The Morgan fingerprint density at radius 2 is 1.94 bits per heavy atom. The van der Waals surface area contributed by atoms with Crippen molar-refractivity contribution in [2.75, 3.05) is 6.54 Å². The molecule has 2 heterocycles. The number of carbonyl (C=O) groups excluding carboxylic acids is 3. The Bertz CT molecular complexity index is 1200. The topological polar surface area (TPSA) is 117 Å². The second-order valence-corrected chi connectivity index (χ2v) is 8.07. The number of ketones is 2. The molecule has 9 nitrogen and oxygen atoms in total. The maximum atomic E-state index is 13.4. The van der Waals surface area contributed by atoms with E-state index in [4.69, 9.17) is 0 Å². The minimum Gasteiger partial charge on any atom is -0.328 e. The number of nitrogens with zero attached hydrogens (tertiary/aromatic N) is 3. The Hall–Kier alpha value is -4.14. The minimum absolute atomic E-state index is 0.163. The zero-order chi connectivity index (χ0) is 23.5. The van der Waals surface area contributed by atoms with E-state index in [0.717, 1.165) is 5.56 Å². The third kappa shape index (κ3) is 4.43. The van der Waals surface area contributed by atoms with Crippen LogP contribution >= 0.6 is 0 Å². The van der Waals surface area contributed by atoms with Gasteiger partial charge in [-0.1, -0.05) is 42.0 Å². The molecule has 33 heavy (non-hydrogen) atoms.